The van der Waals surface area contributed by atoms with Gasteiger partial charge in [0, 0.05) is 10.0 Å². The average molecular weight is 302 g/mol. The number of hydrogen-bond acceptors (Lipinski definition) is 1. The highest BCUT2D eigenvalue weighted by Gasteiger charge is 2.15. The van der Waals surface area contributed by atoms with E-state index < -0.39 is 0 Å². The maximum atomic E-state index is 6.44. The number of hydrogen-bond donors (Lipinski definition) is 0. The van der Waals surface area contributed by atoms with Crippen LogP contribution in [0.15, 0.2) is 42.5 Å². The van der Waals surface area contributed by atoms with Crippen molar-refractivity contribution in [2.75, 3.05) is 7.11 Å². The first-order valence-corrected chi connectivity index (χ1v) is 6.54. The Morgan fingerprint density at radius 3 is 2.50 bits per heavy atom. The van der Waals surface area contributed by atoms with Gasteiger partial charge in [-0.25, -0.2) is 0 Å². The second-order valence-electron chi connectivity index (χ2n) is 3.81. The summed E-state index contributed by atoms with van der Waals surface area (Å²) >= 11 is 18.5. The Bertz CT molecular complexity index is 554. The molecule has 0 aliphatic rings. The Labute approximate surface area is 121 Å². The van der Waals surface area contributed by atoms with Crippen molar-refractivity contribution in [3.05, 3.63) is 63.6 Å². The predicted molar refractivity (Wildman–Crippen MR) is 77.2 cm³/mol. The molecular formula is C14H11Cl3O. The summed E-state index contributed by atoms with van der Waals surface area (Å²) in [5.41, 5.74) is 1.76. The molecule has 94 valence electrons. The normalized spacial score (nSPS) is 12.2. The molecule has 0 N–H and O–H groups in total. The van der Waals surface area contributed by atoms with E-state index >= 15 is 0 Å². The summed E-state index contributed by atoms with van der Waals surface area (Å²) in [5, 5.41) is 0.827. The number of alkyl halides is 1. The van der Waals surface area contributed by atoms with Gasteiger partial charge in [-0.05, 0) is 35.4 Å². The van der Waals surface area contributed by atoms with Crippen LogP contribution in [0.3, 0.4) is 0 Å². The summed E-state index contributed by atoms with van der Waals surface area (Å²) in [6.07, 6.45) is 0. The van der Waals surface area contributed by atoms with Crippen LogP contribution in [0.5, 0.6) is 5.75 Å². The average Bonchev–Trinajstić information content (AvgIpc) is 2.38. The SMILES string of the molecule is COc1cccc(C(Cl)c2ccc(Cl)cc2Cl)c1. The highest BCUT2D eigenvalue weighted by Crippen LogP contribution is 2.35. The maximum absolute atomic E-state index is 6.44. The van der Waals surface area contributed by atoms with E-state index in [2.05, 4.69) is 0 Å². The van der Waals surface area contributed by atoms with E-state index in [4.69, 9.17) is 39.5 Å². The Kier molecular flexibility index (Phi) is 4.39. The first-order chi connectivity index (χ1) is 8.61. The molecule has 0 radical (unpaired) electrons. The molecule has 1 atom stereocenters. The summed E-state index contributed by atoms with van der Waals surface area (Å²) in [5.74, 6) is 0.767. The number of ether oxygens (including phenoxy) is 1. The number of rotatable bonds is 3. The van der Waals surface area contributed by atoms with Crippen LogP contribution < -0.4 is 4.74 Å². The molecular weight excluding hydrogens is 291 g/mol. The fourth-order valence-electron chi connectivity index (χ4n) is 1.69. The van der Waals surface area contributed by atoms with Gasteiger partial charge in [0.1, 0.15) is 5.75 Å². The lowest BCUT2D eigenvalue weighted by Crippen LogP contribution is -1.95. The fourth-order valence-corrected chi connectivity index (χ4v) is 2.59. The van der Waals surface area contributed by atoms with E-state index in [1.165, 1.54) is 0 Å². The summed E-state index contributed by atoms with van der Waals surface area (Å²) < 4.78 is 5.18. The van der Waals surface area contributed by atoms with E-state index in [0.29, 0.717) is 10.0 Å². The van der Waals surface area contributed by atoms with Crippen molar-refractivity contribution in [2.24, 2.45) is 0 Å². The van der Waals surface area contributed by atoms with Gasteiger partial charge in [0.2, 0.25) is 0 Å². The molecule has 1 nitrogen and oxygen atoms in total. The molecule has 0 spiro atoms. The third kappa shape index (κ3) is 2.92. The van der Waals surface area contributed by atoms with Crippen molar-refractivity contribution < 1.29 is 4.74 Å². The molecule has 2 aromatic carbocycles. The summed E-state index contributed by atoms with van der Waals surface area (Å²) in [4.78, 5) is 0. The van der Waals surface area contributed by atoms with Gasteiger partial charge in [-0.1, -0.05) is 41.4 Å². The second kappa shape index (κ2) is 5.83. The molecule has 18 heavy (non-hydrogen) atoms. The fraction of sp³-hybridized carbons (Fsp3) is 0.143. The van der Waals surface area contributed by atoms with Crippen molar-refractivity contribution in [3.8, 4) is 5.75 Å². The molecule has 0 bridgehead atoms. The third-order valence-corrected chi connectivity index (χ3v) is 3.67. The van der Waals surface area contributed by atoms with Gasteiger partial charge in [-0.3, -0.25) is 0 Å². The molecule has 0 fully saturated rings. The molecule has 0 aliphatic heterocycles. The van der Waals surface area contributed by atoms with E-state index in [1.807, 2.05) is 30.3 Å². The zero-order chi connectivity index (χ0) is 13.1. The third-order valence-electron chi connectivity index (χ3n) is 2.62. The van der Waals surface area contributed by atoms with E-state index in [9.17, 15) is 0 Å². The monoisotopic (exact) mass is 300 g/mol. The van der Waals surface area contributed by atoms with Crippen molar-refractivity contribution >= 4 is 34.8 Å². The van der Waals surface area contributed by atoms with Gasteiger partial charge in [-0.2, -0.15) is 0 Å². The standard InChI is InChI=1S/C14H11Cl3O/c1-18-11-4-2-3-9(7-11)14(17)12-6-5-10(15)8-13(12)16/h2-8,14H,1H3. The maximum Gasteiger partial charge on any atom is 0.119 e. The predicted octanol–water partition coefficient (Wildman–Crippen LogP) is 5.33. The molecule has 0 amide bonds. The Morgan fingerprint density at radius 1 is 1.06 bits per heavy atom. The molecule has 0 heterocycles. The van der Waals surface area contributed by atoms with Crippen LogP contribution in [-0.2, 0) is 0 Å². The van der Waals surface area contributed by atoms with Crippen LogP contribution in [-0.4, -0.2) is 7.11 Å². The molecule has 2 rings (SSSR count). The van der Waals surface area contributed by atoms with E-state index in [0.717, 1.165) is 16.9 Å². The van der Waals surface area contributed by atoms with Gasteiger partial charge >= 0.3 is 0 Å². The van der Waals surface area contributed by atoms with Crippen molar-refractivity contribution in [1.82, 2.24) is 0 Å². The van der Waals surface area contributed by atoms with Gasteiger partial charge in [0.15, 0.2) is 0 Å². The van der Waals surface area contributed by atoms with E-state index in [-0.39, 0.29) is 5.38 Å². The van der Waals surface area contributed by atoms with Crippen LogP contribution in [0.1, 0.15) is 16.5 Å². The molecule has 4 heteroatoms. The minimum absolute atomic E-state index is 0.329. The summed E-state index contributed by atoms with van der Waals surface area (Å²) in [6, 6.07) is 12.9. The molecule has 1 unspecified atom stereocenters. The van der Waals surface area contributed by atoms with Crippen molar-refractivity contribution in [1.29, 1.82) is 0 Å². The molecule has 0 saturated heterocycles. The van der Waals surface area contributed by atoms with Crippen LogP contribution >= 0.6 is 34.8 Å². The highest BCUT2D eigenvalue weighted by molar-refractivity contribution is 6.36. The van der Waals surface area contributed by atoms with Gasteiger partial charge in [0.05, 0.1) is 12.5 Å². The van der Waals surface area contributed by atoms with Crippen molar-refractivity contribution in [2.45, 2.75) is 5.38 Å². The van der Waals surface area contributed by atoms with Crippen molar-refractivity contribution in [3.63, 3.8) is 0 Å². The lowest BCUT2D eigenvalue weighted by atomic mass is 10.0. The lowest BCUT2D eigenvalue weighted by molar-refractivity contribution is 0.414. The number of methoxy groups -OCH3 is 1. The molecule has 0 aliphatic carbocycles. The lowest BCUT2D eigenvalue weighted by Gasteiger charge is -2.13. The Morgan fingerprint density at radius 2 is 1.83 bits per heavy atom. The first kappa shape index (κ1) is 13.5. The zero-order valence-corrected chi connectivity index (χ0v) is 11.9. The smallest absolute Gasteiger partial charge is 0.119 e. The Hall–Kier alpha value is -0.890. The van der Waals surface area contributed by atoms with Gasteiger partial charge in [-0.15, -0.1) is 11.6 Å². The second-order valence-corrected chi connectivity index (χ2v) is 5.09. The minimum Gasteiger partial charge on any atom is -0.497 e. The topological polar surface area (TPSA) is 9.23 Å². The summed E-state index contributed by atoms with van der Waals surface area (Å²) in [6.45, 7) is 0. The highest BCUT2D eigenvalue weighted by atomic mass is 35.5. The van der Waals surface area contributed by atoms with Crippen LogP contribution in [0, 0.1) is 0 Å². The van der Waals surface area contributed by atoms with Gasteiger partial charge < -0.3 is 4.74 Å². The van der Waals surface area contributed by atoms with Crippen LogP contribution in [0.2, 0.25) is 10.0 Å². The molecule has 2 aromatic rings. The number of halogens is 3. The largest absolute Gasteiger partial charge is 0.497 e. The molecule has 0 aromatic heterocycles. The molecule has 0 saturated carbocycles. The zero-order valence-electron chi connectivity index (χ0n) is 9.66. The minimum atomic E-state index is -0.329. The van der Waals surface area contributed by atoms with Crippen LogP contribution in [0.25, 0.3) is 0 Å². The number of benzene rings is 2. The summed E-state index contributed by atoms with van der Waals surface area (Å²) in [7, 11) is 1.62. The van der Waals surface area contributed by atoms with Gasteiger partial charge in [0.25, 0.3) is 0 Å². The van der Waals surface area contributed by atoms with E-state index in [1.54, 1.807) is 19.2 Å². The Balaban J connectivity index is 2.37. The van der Waals surface area contributed by atoms with Crippen LogP contribution in [0.4, 0.5) is 0 Å². The first-order valence-electron chi connectivity index (χ1n) is 5.35. The quantitative estimate of drug-likeness (QED) is 0.696.